The first-order valence-corrected chi connectivity index (χ1v) is 28.8. The molecule has 0 saturated carbocycles. The number of unbranched alkanes of at least 4 members (excludes halogenated alkanes) is 38. The van der Waals surface area contributed by atoms with Crippen molar-refractivity contribution in [3.8, 4) is 0 Å². The minimum Gasteiger partial charge on any atom is -0.462 e. The van der Waals surface area contributed by atoms with Gasteiger partial charge in [0.15, 0.2) is 6.10 Å². The molecule has 0 aromatic carbocycles. The maximum Gasteiger partial charge on any atom is 0.306 e. The molecule has 6 nitrogen and oxygen atoms in total. The molecule has 1 atom stereocenters. The number of carbonyl (C=O) groups is 3. The number of esters is 3. The fourth-order valence-corrected chi connectivity index (χ4v) is 8.59. The van der Waals surface area contributed by atoms with E-state index in [2.05, 4.69) is 45.1 Å². The van der Waals surface area contributed by atoms with Crippen LogP contribution in [0, 0.1) is 0 Å². The fourth-order valence-electron chi connectivity index (χ4n) is 8.59. The van der Waals surface area contributed by atoms with E-state index in [-0.39, 0.29) is 31.1 Å². The van der Waals surface area contributed by atoms with Gasteiger partial charge in [-0.3, -0.25) is 14.4 Å². The quantitative estimate of drug-likeness (QED) is 0.0262. The van der Waals surface area contributed by atoms with Crippen LogP contribution in [0.4, 0.5) is 0 Å². The van der Waals surface area contributed by atoms with E-state index in [9.17, 15) is 14.4 Å². The van der Waals surface area contributed by atoms with Crippen molar-refractivity contribution in [2.24, 2.45) is 0 Å². The molecule has 0 unspecified atom stereocenters. The highest BCUT2D eigenvalue weighted by Gasteiger charge is 2.19. The Kier molecular flexibility index (Phi) is 52.7. The topological polar surface area (TPSA) is 78.9 Å². The van der Waals surface area contributed by atoms with Gasteiger partial charge in [0.25, 0.3) is 0 Å². The smallest absolute Gasteiger partial charge is 0.306 e. The lowest BCUT2D eigenvalue weighted by Crippen LogP contribution is -2.30. The molecule has 0 aliphatic carbocycles. The number of hydrogen-bond acceptors (Lipinski definition) is 6. The molecule has 0 saturated heterocycles. The normalized spacial score (nSPS) is 12.1. The average molecular weight is 916 g/mol. The highest BCUT2D eigenvalue weighted by molar-refractivity contribution is 5.71. The number of carbonyl (C=O) groups excluding carboxylic acids is 3. The van der Waals surface area contributed by atoms with E-state index in [1.54, 1.807) is 0 Å². The summed E-state index contributed by atoms with van der Waals surface area (Å²) in [6.45, 7) is 6.64. The molecule has 0 aromatic rings. The van der Waals surface area contributed by atoms with Crippen molar-refractivity contribution in [3.05, 3.63) is 24.3 Å². The molecule has 0 heterocycles. The van der Waals surface area contributed by atoms with E-state index in [1.165, 1.54) is 199 Å². The van der Waals surface area contributed by atoms with Crippen molar-refractivity contribution in [2.75, 3.05) is 13.2 Å². The molecule has 0 N–H and O–H groups in total. The SMILES string of the molecule is CCCCC/C=C\C/C=C\CCCCCCCC(=O)OC[C@H](COC(=O)CCCCCCCCCCCCC)OC(=O)CCCCCCCCCCCCCCCCCCCCCCC. The van der Waals surface area contributed by atoms with Crippen LogP contribution in [0.2, 0.25) is 0 Å². The van der Waals surface area contributed by atoms with Gasteiger partial charge in [-0.2, -0.15) is 0 Å². The Hall–Kier alpha value is -2.11. The number of allylic oxidation sites excluding steroid dienone is 4. The van der Waals surface area contributed by atoms with Crippen LogP contribution < -0.4 is 0 Å². The van der Waals surface area contributed by atoms with Crippen LogP contribution in [0.1, 0.15) is 316 Å². The monoisotopic (exact) mass is 915 g/mol. The van der Waals surface area contributed by atoms with Crippen LogP contribution in [-0.4, -0.2) is 37.2 Å². The lowest BCUT2D eigenvalue weighted by atomic mass is 10.0. The van der Waals surface area contributed by atoms with Gasteiger partial charge < -0.3 is 14.2 Å². The molecule has 65 heavy (non-hydrogen) atoms. The second-order valence-electron chi connectivity index (χ2n) is 19.6. The van der Waals surface area contributed by atoms with Gasteiger partial charge in [-0.25, -0.2) is 0 Å². The van der Waals surface area contributed by atoms with Gasteiger partial charge in [0.05, 0.1) is 0 Å². The molecule has 0 aromatic heterocycles. The standard InChI is InChI=1S/C59H110O6/c1-4-7-10-13-16-19-22-24-26-27-28-29-30-31-33-35-38-41-44-47-50-53-59(62)65-56(54-63-57(60)51-48-45-42-39-36-21-18-15-12-9-6-3)55-64-58(61)52-49-46-43-40-37-34-32-25-23-20-17-14-11-8-5-2/h17,20,25,32,56H,4-16,18-19,21-24,26-31,33-55H2,1-3H3/b20-17-,32-25-/t56-/m0/s1. The molecule has 0 amide bonds. The van der Waals surface area contributed by atoms with Gasteiger partial charge in [0.2, 0.25) is 0 Å². The van der Waals surface area contributed by atoms with Crippen molar-refractivity contribution >= 4 is 17.9 Å². The summed E-state index contributed by atoms with van der Waals surface area (Å²) < 4.78 is 16.8. The van der Waals surface area contributed by atoms with Crippen molar-refractivity contribution < 1.29 is 28.6 Å². The zero-order chi connectivity index (χ0) is 47.2. The van der Waals surface area contributed by atoms with Gasteiger partial charge in [-0.05, 0) is 51.4 Å². The largest absolute Gasteiger partial charge is 0.462 e. The van der Waals surface area contributed by atoms with E-state index in [0.717, 1.165) is 77.0 Å². The summed E-state index contributed by atoms with van der Waals surface area (Å²) in [6.07, 6.45) is 63.1. The van der Waals surface area contributed by atoms with E-state index in [0.29, 0.717) is 19.3 Å². The van der Waals surface area contributed by atoms with Crippen molar-refractivity contribution in [1.29, 1.82) is 0 Å². The maximum absolute atomic E-state index is 12.8. The second-order valence-corrected chi connectivity index (χ2v) is 19.6. The fraction of sp³-hybridized carbons (Fsp3) is 0.881. The van der Waals surface area contributed by atoms with Gasteiger partial charge in [-0.15, -0.1) is 0 Å². The lowest BCUT2D eigenvalue weighted by molar-refractivity contribution is -0.167. The minimum absolute atomic E-state index is 0.0706. The van der Waals surface area contributed by atoms with Gasteiger partial charge >= 0.3 is 17.9 Å². The van der Waals surface area contributed by atoms with Gasteiger partial charge in [0, 0.05) is 19.3 Å². The Balaban J connectivity index is 4.27. The highest BCUT2D eigenvalue weighted by Crippen LogP contribution is 2.17. The molecule has 0 bridgehead atoms. The zero-order valence-electron chi connectivity index (χ0n) is 43.8. The third-order valence-corrected chi connectivity index (χ3v) is 13.0. The second kappa shape index (κ2) is 54.5. The van der Waals surface area contributed by atoms with E-state index < -0.39 is 6.10 Å². The zero-order valence-corrected chi connectivity index (χ0v) is 43.8. The molecular formula is C59H110O6. The molecule has 0 aliphatic rings. The predicted octanol–water partition coefficient (Wildman–Crippen LogP) is 19.1. The Morgan fingerprint density at radius 1 is 0.308 bits per heavy atom. The molecule has 0 rings (SSSR count). The summed E-state index contributed by atoms with van der Waals surface area (Å²) in [5, 5.41) is 0. The van der Waals surface area contributed by atoms with Crippen molar-refractivity contribution in [3.63, 3.8) is 0 Å². The molecule has 6 heteroatoms. The van der Waals surface area contributed by atoms with Crippen LogP contribution in [0.15, 0.2) is 24.3 Å². The van der Waals surface area contributed by atoms with Crippen LogP contribution in [0.3, 0.4) is 0 Å². The van der Waals surface area contributed by atoms with Gasteiger partial charge in [0.1, 0.15) is 13.2 Å². The van der Waals surface area contributed by atoms with Gasteiger partial charge in [-0.1, -0.05) is 270 Å². The lowest BCUT2D eigenvalue weighted by Gasteiger charge is -2.18. The van der Waals surface area contributed by atoms with E-state index in [1.807, 2.05) is 0 Å². The van der Waals surface area contributed by atoms with Crippen LogP contribution >= 0.6 is 0 Å². The Bertz CT molecular complexity index is 1050. The third-order valence-electron chi connectivity index (χ3n) is 13.0. The first kappa shape index (κ1) is 62.9. The summed E-state index contributed by atoms with van der Waals surface area (Å²) in [6, 6.07) is 0. The molecule has 0 aliphatic heterocycles. The summed E-state index contributed by atoms with van der Waals surface area (Å²) in [5.74, 6) is -0.866. The first-order valence-electron chi connectivity index (χ1n) is 28.8. The van der Waals surface area contributed by atoms with Crippen LogP contribution in [0.25, 0.3) is 0 Å². The van der Waals surface area contributed by atoms with Crippen molar-refractivity contribution in [1.82, 2.24) is 0 Å². The number of ether oxygens (including phenoxy) is 3. The molecule has 0 spiro atoms. The van der Waals surface area contributed by atoms with Crippen LogP contribution in [-0.2, 0) is 28.6 Å². The number of hydrogen-bond donors (Lipinski definition) is 0. The highest BCUT2D eigenvalue weighted by atomic mass is 16.6. The molecule has 382 valence electrons. The Labute approximate surface area is 404 Å². The van der Waals surface area contributed by atoms with Crippen LogP contribution in [0.5, 0.6) is 0 Å². The third kappa shape index (κ3) is 52.7. The maximum atomic E-state index is 12.8. The first-order chi connectivity index (χ1) is 32.0. The summed E-state index contributed by atoms with van der Waals surface area (Å²) in [4.78, 5) is 38.1. The van der Waals surface area contributed by atoms with E-state index in [4.69, 9.17) is 14.2 Å². The summed E-state index contributed by atoms with van der Waals surface area (Å²) >= 11 is 0. The van der Waals surface area contributed by atoms with E-state index >= 15 is 0 Å². The van der Waals surface area contributed by atoms with Crippen molar-refractivity contribution in [2.45, 2.75) is 322 Å². The number of rotatable bonds is 53. The molecule has 0 fully saturated rings. The minimum atomic E-state index is -0.771. The predicted molar refractivity (Wildman–Crippen MR) is 279 cm³/mol. The Morgan fingerprint density at radius 2 is 0.554 bits per heavy atom. The molecule has 0 radical (unpaired) electrons. The summed E-state index contributed by atoms with van der Waals surface area (Å²) in [5.41, 5.74) is 0. The average Bonchev–Trinajstić information content (AvgIpc) is 3.30. The Morgan fingerprint density at radius 3 is 0.877 bits per heavy atom. The summed E-state index contributed by atoms with van der Waals surface area (Å²) in [7, 11) is 0. The molecular weight excluding hydrogens is 805 g/mol.